The van der Waals surface area contributed by atoms with Crippen molar-refractivity contribution in [3.05, 3.63) is 58.1 Å². The molecule has 2 aromatic carbocycles. The fourth-order valence-corrected chi connectivity index (χ4v) is 3.46. The Balaban J connectivity index is 1.64. The molecule has 0 radical (unpaired) electrons. The van der Waals surface area contributed by atoms with Crippen LogP contribution in [0, 0.1) is 0 Å². The van der Waals surface area contributed by atoms with E-state index in [2.05, 4.69) is 0 Å². The number of benzene rings is 2. The van der Waals surface area contributed by atoms with E-state index in [-0.39, 0.29) is 19.2 Å². The summed E-state index contributed by atoms with van der Waals surface area (Å²) in [7, 11) is -3.12. The van der Waals surface area contributed by atoms with Crippen LogP contribution in [0.4, 0.5) is 0 Å². The molecular weight excluding hydrogens is 368 g/mol. The Bertz CT molecular complexity index is 905. The van der Waals surface area contributed by atoms with Gasteiger partial charge in [0.15, 0.2) is 21.3 Å². The Kier molecular flexibility index (Phi) is 4.87. The molecule has 1 aliphatic rings. The summed E-state index contributed by atoms with van der Waals surface area (Å²) in [5, 5.41) is 0.395. The van der Waals surface area contributed by atoms with E-state index in [9.17, 15) is 13.2 Å². The van der Waals surface area contributed by atoms with Crippen LogP contribution in [0.2, 0.25) is 5.02 Å². The van der Waals surface area contributed by atoms with E-state index in [0.717, 1.165) is 6.26 Å². The molecule has 1 aliphatic heterocycles. The number of sulfone groups is 1. The van der Waals surface area contributed by atoms with Crippen LogP contribution in [0.25, 0.3) is 0 Å². The summed E-state index contributed by atoms with van der Waals surface area (Å²) >= 11 is 6.08. The molecule has 0 unspecified atom stereocenters. The molecule has 0 bridgehead atoms. The van der Waals surface area contributed by atoms with Crippen LogP contribution in [0.5, 0.6) is 11.5 Å². The third-order valence-electron chi connectivity index (χ3n) is 3.48. The summed E-state index contributed by atoms with van der Waals surface area (Å²) in [5.74, 6) is 0.416. The zero-order valence-electron chi connectivity index (χ0n) is 13.3. The number of rotatable bonds is 5. The largest absolute Gasteiger partial charge is 0.457 e. The fraction of sp³-hybridized carbons (Fsp3) is 0.235. The Labute approximate surface area is 150 Å². The lowest BCUT2D eigenvalue weighted by molar-refractivity contribution is 0.0472. The van der Waals surface area contributed by atoms with Crippen molar-refractivity contribution in [1.82, 2.24) is 0 Å². The van der Waals surface area contributed by atoms with Crippen molar-refractivity contribution in [1.29, 1.82) is 0 Å². The molecule has 0 amide bonds. The van der Waals surface area contributed by atoms with Gasteiger partial charge >= 0.3 is 5.97 Å². The molecule has 2 aromatic rings. The standard InChI is InChI=1S/C17H15ClO6S/c1-25(20,21)9-11-2-4-13(5-3-11)17(19)22-8-12-6-14(18)16-15(7-12)23-10-24-16/h2-7H,8-10H2,1H3. The molecule has 0 spiro atoms. The lowest BCUT2D eigenvalue weighted by Crippen LogP contribution is -2.06. The Morgan fingerprint density at radius 2 is 1.88 bits per heavy atom. The van der Waals surface area contributed by atoms with Crippen molar-refractivity contribution in [3.8, 4) is 11.5 Å². The van der Waals surface area contributed by atoms with Crippen LogP contribution in [-0.4, -0.2) is 27.4 Å². The molecule has 0 saturated carbocycles. The maximum Gasteiger partial charge on any atom is 0.338 e. The summed E-state index contributed by atoms with van der Waals surface area (Å²) in [5.41, 5.74) is 1.63. The van der Waals surface area contributed by atoms with Gasteiger partial charge in [-0.15, -0.1) is 0 Å². The van der Waals surface area contributed by atoms with Crippen molar-refractivity contribution in [2.45, 2.75) is 12.4 Å². The first-order valence-electron chi connectivity index (χ1n) is 7.33. The first-order chi connectivity index (χ1) is 11.8. The number of hydrogen-bond donors (Lipinski definition) is 0. The lowest BCUT2D eigenvalue weighted by atomic mass is 10.1. The number of fused-ring (bicyclic) bond motifs is 1. The van der Waals surface area contributed by atoms with Crippen molar-refractivity contribution < 1.29 is 27.4 Å². The number of carbonyl (C=O) groups excluding carboxylic acids is 1. The maximum absolute atomic E-state index is 12.1. The molecule has 132 valence electrons. The van der Waals surface area contributed by atoms with Crippen molar-refractivity contribution in [2.24, 2.45) is 0 Å². The second-order valence-electron chi connectivity index (χ2n) is 5.65. The predicted octanol–water partition coefficient (Wildman–Crippen LogP) is 2.97. The topological polar surface area (TPSA) is 78.9 Å². The van der Waals surface area contributed by atoms with Crippen LogP contribution in [0.1, 0.15) is 21.5 Å². The molecule has 25 heavy (non-hydrogen) atoms. The van der Waals surface area contributed by atoms with Gasteiger partial charge in [-0.1, -0.05) is 23.7 Å². The van der Waals surface area contributed by atoms with Gasteiger partial charge in [-0.25, -0.2) is 13.2 Å². The normalized spacial score (nSPS) is 12.9. The molecular formula is C17H15ClO6S. The molecule has 3 rings (SSSR count). The molecule has 8 heteroatoms. The minimum Gasteiger partial charge on any atom is -0.457 e. The van der Waals surface area contributed by atoms with Crippen molar-refractivity contribution in [2.75, 3.05) is 13.0 Å². The van der Waals surface area contributed by atoms with Crippen LogP contribution in [0.15, 0.2) is 36.4 Å². The second kappa shape index (κ2) is 6.93. The highest BCUT2D eigenvalue weighted by Gasteiger charge is 2.19. The summed E-state index contributed by atoms with van der Waals surface area (Å²) < 4.78 is 38.3. The van der Waals surface area contributed by atoms with Crippen LogP contribution in [-0.2, 0) is 26.9 Å². The summed E-state index contributed by atoms with van der Waals surface area (Å²) in [6, 6.07) is 9.61. The van der Waals surface area contributed by atoms with Gasteiger partial charge in [0.25, 0.3) is 0 Å². The zero-order valence-corrected chi connectivity index (χ0v) is 14.9. The van der Waals surface area contributed by atoms with E-state index in [4.69, 9.17) is 25.8 Å². The van der Waals surface area contributed by atoms with E-state index >= 15 is 0 Å². The van der Waals surface area contributed by atoms with Crippen molar-refractivity contribution in [3.63, 3.8) is 0 Å². The number of hydrogen-bond acceptors (Lipinski definition) is 6. The van der Waals surface area contributed by atoms with E-state index in [1.165, 1.54) is 12.1 Å². The number of halogens is 1. The quantitative estimate of drug-likeness (QED) is 0.740. The molecule has 1 heterocycles. The highest BCUT2D eigenvalue weighted by Crippen LogP contribution is 2.39. The van der Waals surface area contributed by atoms with Gasteiger partial charge in [-0.05, 0) is 35.4 Å². The predicted molar refractivity (Wildman–Crippen MR) is 91.7 cm³/mol. The third-order valence-corrected chi connectivity index (χ3v) is 4.61. The van der Waals surface area contributed by atoms with E-state index in [1.807, 2.05) is 0 Å². The Morgan fingerprint density at radius 1 is 1.16 bits per heavy atom. The van der Waals surface area contributed by atoms with E-state index in [0.29, 0.717) is 33.2 Å². The Morgan fingerprint density at radius 3 is 2.56 bits per heavy atom. The number of esters is 1. The fourth-order valence-electron chi connectivity index (χ4n) is 2.38. The van der Waals surface area contributed by atoms with Crippen molar-refractivity contribution >= 4 is 27.4 Å². The van der Waals surface area contributed by atoms with Gasteiger partial charge in [0.2, 0.25) is 6.79 Å². The van der Waals surface area contributed by atoms with Crippen LogP contribution in [0.3, 0.4) is 0 Å². The molecule has 0 saturated heterocycles. The van der Waals surface area contributed by atoms with Gasteiger partial charge < -0.3 is 14.2 Å². The second-order valence-corrected chi connectivity index (χ2v) is 8.20. The lowest BCUT2D eigenvalue weighted by Gasteiger charge is -2.07. The van der Waals surface area contributed by atoms with E-state index in [1.54, 1.807) is 24.3 Å². The molecule has 6 nitrogen and oxygen atoms in total. The van der Waals surface area contributed by atoms with Gasteiger partial charge in [0.05, 0.1) is 16.3 Å². The number of ether oxygens (including phenoxy) is 3. The van der Waals surface area contributed by atoms with Gasteiger partial charge in [0, 0.05) is 6.26 Å². The van der Waals surface area contributed by atoms with Crippen LogP contribution < -0.4 is 9.47 Å². The van der Waals surface area contributed by atoms with Gasteiger partial charge in [0.1, 0.15) is 6.61 Å². The smallest absolute Gasteiger partial charge is 0.338 e. The molecule has 0 atom stereocenters. The van der Waals surface area contributed by atoms with Crippen LogP contribution >= 0.6 is 11.6 Å². The molecule has 0 N–H and O–H groups in total. The average molecular weight is 383 g/mol. The van der Waals surface area contributed by atoms with E-state index < -0.39 is 15.8 Å². The highest BCUT2D eigenvalue weighted by atomic mass is 35.5. The minimum absolute atomic E-state index is 0.0281. The first kappa shape index (κ1) is 17.6. The summed E-state index contributed by atoms with van der Waals surface area (Å²) in [6.45, 7) is 0.137. The summed E-state index contributed by atoms with van der Waals surface area (Å²) in [4.78, 5) is 12.1. The minimum atomic E-state index is -3.12. The maximum atomic E-state index is 12.1. The third kappa shape index (κ3) is 4.43. The Hall–Kier alpha value is -2.25. The summed E-state index contributed by atoms with van der Waals surface area (Å²) in [6.07, 6.45) is 1.16. The zero-order chi connectivity index (χ0) is 18.0. The highest BCUT2D eigenvalue weighted by molar-refractivity contribution is 7.89. The molecule has 0 aliphatic carbocycles. The molecule has 0 fully saturated rings. The van der Waals surface area contributed by atoms with Gasteiger partial charge in [-0.2, -0.15) is 0 Å². The first-order valence-corrected chi connectivity index (χ1v) is 9.77. The SMILES string of the molecule is CS(=O)(=O)Cc1ccc(C(=O)OCc2cc(Cl)c3c(c2)OCO3)cc1. The molecule has 0 aromatic heterocycles. The van der Waals surface area contributed by atoms with Gasteiger partial charge in [-0.3, -0.25) is 0 Å². The number of carbonyl (C=O) groups is 1. The monoisotopic (exact) mass is 382 g/mol. The average Bonchev–Trinajstić information content (AvgIpc) is 3.01.